The van der Waals surface area contributed by atoms with Gasteiger partial charge in [-0.15, -0.1) is 0 Å². The molecule has 3 heterocycles. The van der Waals surface area contributed by atoms with Gasteiger partial charge in [0.25, 0.3) is 14.0 Å². The molecule has 6 atom stereocenters. The van der Waals surface area contributed by atoms with Crippen LogP contribution in [0, 0.1) is 5.92 Å². The molecule has 4 N–H and O–H groups in total. The Morgan fingerprint density at radius 3 is 2.72 bits per heavy atom. The summed E-state index contributed by atoms with van der Waals surface area (Å²) in [6.45, 7) is 7.04. The van der Waals surface area contributed by atoms with Gasteiger partial charge in [-0.2, -0.15) is 9.97 Å². The highest BCUT2D eigenvalue weighted by Crippen LogP contribution is 2.49. The van der Waals surface area contributed by atoms with Crippen molar-refractivity contribution in [3.05, 3.63) is 6.33 Å². The number of nitrogens with two attached hydrogens (primary N) is 1. The van der Waals surface area contributed by atoms with E-state index in [1.807, 2.05) is 13.8 Å². The van der Waals surface area contributed by atoms with Gasteiger partial charge in [0, 0.05) is 0 Å². The summed E-state index contributed by atoms with van der Waals surface area (Å²) in [5.74, 6) is -3.83. The summed E-state index contributed by atoms with van der Waals surface area (Å²) in [6, 6.07) is -1.01. The van der Waals surface area contributed by atoms with Crippen LogP contribution in [0.3, 0.4) is 0 Å². The van der Waals surface area contributed by atoms with Gasteiger partial charge in [0.15, 0.2) is 29.2 Å². The van der Waals surface area contributed by atoms with Crippen molar-refractivity contribution in [1.29, 1.82) is 0 Å². The Labute approximate surface area is 206 Å². The SMILES string of the molecule is CCOc1nc(N)nc2c1ncn2[C@@H]1O[C@](F)(CO[PH](=O)N[C@@H](C)C(=O)OCC(C)C)[C@@H](O)[C@@]1(C)F. The van der Waals surface area contributed by atoms with E-state index in [1.54, 1.807) is 6.92 Å². The number of esters is 1. The fraction of sp³-hybridized carbons (Fsp3) is 0.700. The molecule has 0 spiro atoms. The number of nitrogen functional groups attached to an aromatic ring is 1. The van der Waals surface area contributed by atoms with E-state index in [0.29, 0.717) is 0 Å². The standard InChI is InChI=1S/C20H31F2N6O7P/c1-6-32-14-12-13(25-18(23)26-14)28(9-24-12)17-19(5,21)16(30)20(22,35-17)8-34-36(31)27-11(4)15(29)33-7-10(2)3/h9-11,16-17,30,36H,6-8H2,1-5H3,(H,27,31)(H2,23,25,26)/t11-,16-,17+,19+,20+/m0/s1. The number of alkyl halides is 2. The molecule has 1 unspecified atom stereocenters. The first-order chi connectivity index (χ1) is 16.8. The van der Waals surface area contributed by atoms with Crippen molar-refractivity contribution in [1.82, 2.24) is 24.6 Å². The van der Waals surface area contributed by atoms with Crippen LogP contribution >= 0.6 is 8.18 Å². The molecule has 0 saturated carbocycles. The third-order valence-corrected chi connectivity index (χ3v) is 6.40. The molecule has 2 aromatic heterocycles. The molecule has 0 aromatic carbocycles. The molecule has 16 heteroatoms. The molecular weight excluding hydrogens is 505 g/mol. The van der Waals surface area contributed by atoms with E-state index in [2.05, 4.69) is 20.0 Å². The first-order valence-electron chi connectivity index (χ1n) is 11.3. The molecule has 3 rings (SSSR count). The van der Waals surface area contributed by atoms with E-state index in [-0.39, 0.29) is 42.1 Å². The van der Waals surface area contributed by atoms with E-state index in [1.165, 1.54) is 6.92 Å². The van der Waals surface area contributed by atoms with Crippen molar-refractivity contribution in [3.8, 4) is 5.88 Å². The maximum absolute atomic E-state index is 15.6. The Morgan fingerprint density at radius 2 is 2.08 bits per heavy atom. The number of aromatic nitrogens is 4. The number of rotatable bonds is 11. The van der Waals surface area contributed by atoms with Crippen molar-refractivity contribution in [2.45, 2.75) is 64.5 Å². The van der Waals surface area contributed by atoms with E-state index in [4.69, 9.17) is 24.5 Å². The lowest BCUT2D eigenvalue weighted by Crippen LogP contribution is -2.46. The molecule has 1 fully saturated rings. The molecule has 1 saturated heterocycles. The molecule has 2 aromatic rings. The topological polar surface area (TPSA) is 173 Å². The smallest absolute Gasteiger partial charge is 0.323 e. The summed E-state index contributed by atoms with van der Waals surface area (Å²) < 4.78 is 65.2. The van der Waals surface area contributed by atoms with Crippen molar-refractivity contribution in [2.24, 2.45) is 5.92 Å². The molecule has 1 aliphatic rings. The Hall–Kier alpha value is -2.45. The van der Waals surface area contributed by atoms with Gasteiger partial charge >= 0.3 is 5.97 Å². The van der Waals surface area contributed by atoms with Crippen LogP contribution < -0.4 is 15.6 Å². The minimum atomic E-state index is -3.21. The van der Waals surface area contributed by atoms with Crippen LogP contribution in [0.1, 0.15) is 40.8 Å². The molecule has 202 valence electrons. The third kappa shape index (κ3) is 5.75. The van der Waals surface area contributed by atoms with Gasteiger partial charge in [-0.3, -0.25) is 13.9 Å². The van der Waals surface area contributed by atoms with Crippen molar-refractivity contribution >= 4 is 31.3 Å². The summed E-state index contributed by atoms with van der Waals surface area (Å²) in [7, 11) is -3.21. The summed E-state index contributed by atoms with van der Waals surface area (Å²) in [5.41, 5.74) is 3.13. The fourth-order valence-corrected chi connectivity index (χ4v) is 4.38. The van der Waals surface area contributed by atoms with Gasteiger partial charge in [-0.1, -0.05) is 13.8 Å². The maximum Gasteiger partial charge on any atom is 0.323 e. The Bertz CT molecular complexity index is 1120. The Balaban J connectivity index is 1.74. The number of carbonyl (C=O) groups is 1. The number of anilines is 1. The number of nitrogens with one attached hydrogen (secondary N) is 1. The Morgan fingerprint density at radius 1 is 1.39 bits per heavy atom. The summed E-state index contributed by atoms with van der Waals surface area (Å²) in [5, 5.41) is 12.8. The molecule has 0 radical (unpaired) electrons. The lowest BCUT2D eigenvalue weighted by atomic mass is 9.97. The molecule has 0 bridgehead atoms. The normalized spacial score (nSPS) is 27.9. The molecular formula is C20H31F2N6O7P. The van der Waals surface area contributed by atoms with E-state index in [0.717, 1.165) is 17.8 Å². The van der Waals surface area contributed by atoms with Crippen LogP contribution in [0.25, 0.3) is 11.2 Å². The Kier molecular flexibility index (Phi) is 8.51. The largest absolute Gasteiger partial charge is 0.476 e. The number of halogens is 2. The van der Waals surface area contributed by atoms with Crippen LogP contribution in [-0.2, 0) is 23.4 Å². The summed E-state index contributed by atoms with van der Waals surface area (Å²) >= 11 is 0. The minimum Gasteiger partial charge on any atom is -0.476 e. The monoisotopic (exact) mass is 536 g/mol. The fourth-order valence-electron chi connectivity index (χ4n) is 3.49. The van der Waals surface area contributed by atoms with Gasteiger partial charge in [-0.05, 0) is 26.7 Å². The average molecular weight is 536 g/mol. The maximum atomic E-state index is 15.6. The van der Waals surface area contributed by atoms with Gasteiger partial charge in [0.05, 0.1) is 19.5 Å². The molecule has 36 heavy (non-hydrogen) atoms. The van der Waals surface area contributed by atoms with Crippen molar-refractivity contribution < 1.29 is 42.0 Å². The molecule has 0 aliphatic carbocycles. The second kappa shape index (κ2) is 10.9. The van der Waals surface area contributed by atoms with Crippen LogP contribution in [0.2, 0.25) is 0 Å². The van der Waals surface area contributed by atoms with E-state index < -0.39 is 50.7 Å². The van der Waals surface area contributed by atoms with Crippen molar-refractivity contribution in [2.75, 3.05) is 25.6 Å². The zero-order valence-corrected chi connectivity index (χ0v) is 21.5. The number of fused-ring (bicyclic) bond motifs is 1. The van der Waals surface area contributed by atoms with Crippen LogP contribution in [-0.4, -0.2) is 74.1 Å². The predicted molar refractivity (Wildman–Crippen MR) is 124 cm³/mol. The average Bonchev–Trinajstić information content (AvgIpc) is 3.29. The highest BCUT2D eigenvalue weighted by molar-refractivity contribution is 7.36. The number of carbonyl (C=O) groups excluding carboxylic acids is 1. The predicted octanol–water partition coefficient (Wildman–Crippen LogP) is 1.67. The van der Waals surface area contributed by atoms with Crippen LogP contribution in [0.4, 0.5) is 14.7 Å². The number of ether oxygens (including phenoxy) is 3. The molecule has 1 aliphatic heterocycles. The number of nitrogens with zero attached hydrogens (tertiary/aromatic N) is 4. The first-order valence-corrected chi connectivity index (χ1v) is 12.6. The summed E-state index contributed by atoms with van der Waals surface area (Å²) in [4.78, 5) is 24.0. The van der Waals surface area contributed by atoms with Crippen LogP contribution in [0.15, 0.2) is 6.33 Å². The second-order valence-electron chi connectivity index (χ2n) is 8.92. The third-order valence-electron chi connectivity index (χ3n) is 5.32. The molecule has 0 amide bonds. The van der Waals surface area contributed by atoms with Gasteiger partial charge in [0.1, 0.15) is 12.6 Å². The minimum absolute atomic E-state index is 0.0128. The van der Waals surface area contributed by atoms with Crippen LogP contribution in [0.5, 0.6) is 5.88 Å². The number of aliphatic hydroxyl groups is 1. The van der Waals surface area contributed by atoms with E-state index in [9.17, 15) is 14.5 Å². The highest BCUT2D eigenvalue weighted by Gasteiger charge is 2.65. The van der Waals surface area contributed by atoms with Gasteiger partial charge < -0.3 is 29.6 Å². The zero-order chi connectivity index (χ0) is 26.8. The lowest BCUT2D eigenvalue weighted by Gasteiger charge is -2.25. The molecule has 13 nitrogen and oxygen atoms in total. The lowest BCUT2D eigenvalue weighted by molar-refractivity contribution is -0.201. The number of imidazole rings is 1. The van der Waals surface area contributed by atoms with Gasteiger partial charge in [0.2, 0.25) is 11.8 Å². The highest BCUT2D eigenvalue weighted by atomic mass is 31.1. The second-order valence-corrected chi connectivity index (χ2v) is 10.1. The quantitative estimate of drug-likeness (QED) is 0.280. The van der Waals surface area contributed by atoms with Gasteiger partial charge in [-0.25, -0.2) is 18.9 Å². The summed E-state index contributed by atoms with van der Waals surface area (Å²) in [6.07, 6.45) is -2.98. The first kappa shape index (κ1) is 28.1. The number of aliphatic hydroxyl groups excluding tert-OH is 1. The number of hydrogen-bond donors (Lipinski definition) is 3. The zero-order valence-electron chi connectivity index (χ0n) is 20.5. The van der Waals surface area contributed by atoms with Crippen molar-refractivity contribution in [3.63, 3.8) is 0 Å². The number of hydrogen-bond acceptors (Lipinski definition) is 11. The van der Waals surface area contributed by atoms with E-state index >= 15 is 8.78 Å².